The van der Waals surface area contributed by atoms with Crippen LogP contribution in [0.3, 0.4) is 0 Å². The van der Waals surface area contributed by atoms with Crippen LogP contribution in [0, 0.1) is 5.82 Å². The summed E-state index contributed by atoms with van der Waals surface area (Å²) in [5.41, 5.74) is 5.85. The summed E-state index contributed by atoms with van der Waals surface area (Å²) in [5, 5.41) is 12.9. The Morgan fingerprint density at radius 2 is 2.10 bits per heavy atom. The van der Waals surface area contributed by atoms with Gasteiger partial charge in [0, 0.05) is 18.0 Å². The summed E-state index contributed by atoms with van der Waals surface area (Å²) in [5.74, 6) is 0.122. The lowest BCUT2D eigenvalue weighted by molar-refractivity contribution is 0.276. The first-order chi connectivity index (χ1) is 9.65. The SMILES string of the molecule is CCCC(CCO)Nc1nc(N)nc2c(F)cccc12.S. The molecule has 0 saturated heterocycles. The average molecular weight is 312 g/mol. The molecule has 4 N–H and O–H groups in total. The first-order valence-corrected chi connectivity index (χ1v) is 6.74. The van der Waals surface area contributed by atoms with E-state index in [9.17, 15) is 4.39 Å². The lowest BCUT2D eigenvalue weighted by atomic mass is 10.1. The summed E-state index contributed by atoms with van der Waals surface area (Å²) >= 11 is 0. The second-order valence-electron chi connectivity index (χ2n) is 4.71. The molecule has 0 aliphatic rings. The molecule has 0 aliphatic heterocycles. The highest BCUT2D eigenvalue weighted by molar-refractivity contribution is 7.59. The number of nitrogens with two attached hydrogens (primary N) is 1. The fourth-order valence-electron chi connectivity index (χ4n) is 2.23. The van der Waals surface area contributed by atoms with Gasteiger partial charge in [0.15, 0.2) is 0 Å². The van der Waals surface area contributed by atoms with E-state index in [-0.39, 0.29) is 37.6 Å². The predicted molar refractivity (Wildman–Crippen MR) is 88.3 cm³/mol. The van der Waals surface area contributed by atoms with E-state index in [1.54, 1.807) is 12.1 Å². The minimum atomic E-state index is -0.422. The molecular weight excluding hydrogens is 291 g/mol. The van der Waals surface area contributed by atoms with Crippen LogP contribution < -0.4 is 11.1 Å². The monoisotopic (exact) mass is 312 g/mol. The molecular formula is C14H21FN4OS. The third-order valence-corrected chi connectivity index (χ3v) is 3.15. The number of aliphatic hydroxyl groups excluding tert-OH is 1. The fraction of sp³-hybridized carbons (Fsp3) is 0.429. The largest absolute Gasteiger partial charge is 0.396 e. The maximum atomic E-state index is 13.8. The number of aromatic nitrogens is 2. The Morgan fingerprint density at radius 3 is 2.76 bits per heavy atom. The van der Waals surface area contributed by atoms with Crippen molar-refractivity contribution in [3.05, 3.63) is 24.0 Å². The van der Waals surface area contributed by atoms with Crippen molar-refractivity contribution in [3.63, 3.8) is 0 Å². The molecule has 1 heterocycles. The minimum Gasteiger partial charge on any atom is -0.396 e. The molecule has 1 atom stereocenters. The summed E-state index contributed by atoms with van der Waals surface area (Å²) in [6.07, 6.45) is 2.47. The van der Waals surface area contributed by atoms with Gasteiger partial charge in [0.2, 0.25) is 5.95 Å². The Balaban J connectivity index is 0.00000220. The normalized spacial score (nSPS) is 12.0. The van der Waals surface area contributed by atoms with Crippen LogP contribution in [0.5, 0.6) is 0 Å². The molecule has 0 amide bonds. The van der Waals surface area contributed by atoms with E-state index in [4.69, 9.17) is 10.8 Å². The van der Waals surface area contributed by atoms with Crippen LogP contribution >= 0.6 is 13.5 Å². The van der Waals surface area contributed by atoms with Crippen LogP contribution in [0.25, 0.3) is 10.9 Å². The molecule has 1 unspecified atom stereocenters. The number of benzene rings is 1. The summed E-state index contributed by atoms with van der Waals surface area (Å²) in [6.45, 7) is 2.16. The lowest BCUT2D eigenvalue weighted by Crippen LogP contribution is -2.22. The molecule has 21 heavy (non-hydrogen) atoms. The van der Waals surface area contributed by atoms with Crippen molar-refractivity contribution in [3.8, 4) is 0 Å². The molecule has 1 aromatic heterocycles. The van der Waals surface area contributed by atoms with E-state index in [2.05, 4.69) is 22.2 Å². The highest BCUT2D eigenvalue weighted by Crippen LogP contribution is 2.24. The number of nitrogen functional groups attached to an aromatic ring is 1. The van der Waals surface area contributed by atoms with Gasteiger partial charge in [-0.2, -0.15) is 18.5 Å². The van der Waals surface area contributed by atoms with E-state index in [1.165, 1.54) is 6.07 Å². The highest BCUT2D eigenvalue weighted by Gasteiger charge is 2.13. The molecule has 0 radical (unpaired) electrons. The molecule has 0 spiro atoms. The fourth-order valence-corrected chi connectivity index (χ4v) is 2.23. The van der Waals surface area contributed by atoms with Gasteiger partial charge in [-0.05, 0) is 25.0 Å². The first-order valence-electron chi connectivity index (χ1n) is 6.74. The van der Waals surface area contributed by atoms with Gasteiger partial charge in [-0.1, -0.05) is 19.4 Å². The molecule has 1 aromatic carbocycles. The van der Waals surface area contributed by atoms with Gasteiger partial charge < -0.3 is 16.2 Å². The van der Waals surface area contributed by atoms with Crippen molar-refractivity contribution in [1.29, 1.82) is 0 Å². The Kier molecular flexibility index (Phi) is 6.64. The zero-order valence-corrected chi connectivity index (χ0v) is 12.9. The summed E-state index contributed by atoms with van der Waals surface area (Å²) in [7, 11) is 0. The average Bonchev–Trinajstić information content (AvgIpc) is 2.40. The van der Waals surface area contributed by atoms with Crippen molar-refractivity contribution in [1.82, 2.24) is 9.97 Å². The van der Waals surface area contributed by atoms with Gasteiger partial charge in [0.1, 0.15) is 17.2 Å². The third-order valence-electron chi connectivity index (χ3n) is 3.15. The molecule has 0 bridgehead atoms. The van der Waals surface area contributed by atoms with E-state index in [0.717, 1.165) is 12.8 Å². The quantitative estimate of drug-likeness (QED) is 0.763. The predicted octanol–water partition coefficient (Wildman–Crippen LogP) is 2.43. The smallest absolute Gasteiger partial charge is 0.222 e. The highest BCUT2D eigenvalue weighted by atomic mass is 32.1. The first kappa shape index (κ1) is 17.5. The van der Waals surface area contributed by atoms with Gasteiger partial charge in [0.25, 0.3) is 0 Å². The maximum absolute atomic E-state index is 13.8. The van der Waals surface area contributed by atoms with Gasteiger partial charge in [0.05, 0.1) is 0 Å². The molecule has 116 valence electrons. The topological polar surface area (TPSA) is 84.1 Å². The van der Waals surface area contributed by atoms with Gasteiger partial charge in [-0.3, -0.25) is 0 Å². The second-order valence-corrected chi connectivity index (χ2v) is 4.71. The van der Waals surface area contributed by atoms with Gasteiger partial charge >= 0.3 is 0 Å². The van der Waals surface area contributed by atoms with Crippen molar-refractivity contribution in [2.75, 3.05) is 17.7 Å². The number of nitrogens with zero attached hydrogens (tertiary/aromatic N) is 2. The van der Waals surface area contributed by atoms with Crippen molar-refractivity contribution >= 4 is 36.2 Å². The standard InChI is InChI=1S/C14H19FN4O.H2S/c1-2-4-9(7-8-20)17-13-10-5-3-6-11(15)12(10)18-14(16)19-13;/h3,5-6,9,20H,2,4,7-8H2,1H3,(H3,16,17,18,19);1H2. The lowest BCUT2D eigenvalue weighted by Gasteiger charge is -2.19. The van der Waals surface area contributed by atoms with E-state index in [1.807, 2.05) is 0 Å². The van der Waals surface area contributed by atoms with Crippen LogP contribution in [0.2, 0.25) is 0 Å². The van der Waals surface area contributed by atoms with E-state index < -0.39 is 5.82 Å². The number of para-hydroxylation sites is 1. The van der Waals surface area contributed by atoms with E-state index in [0.29, 0.717) is 17.6 Å². The number of anilines is 2. The summed E-state index contributed by atoms with van der Waals surface area (Å²) < 4.78 is 13.8. The van der Waals surface area contributed by atoms with Gasteiger partial charge in [-0.25, -0.2) is 9.37 Å². The molecule has 0 fully saturated rings. The number of halogens is 1. The maximum Gasteiger partial charge on any atom is 0.222 e. The molecule has 7 heteroatoms. The van der Waals surface area contributed by atoms with Crippen LogP contribution in [0.4, 0.5) is 16.2 Å². The molecule has 2 rings (SSSR count). The summed E-state index contributed by atoms with van der Waals surface area (Å²) in [4.78, 5) is 8.09. The van der Waals surface area contributed by atoms with Crippen molar-refractivity contribution in [2.24, 2.45) is 0 Å². The number of nitrogens with one attached hydrogen (secondary N) is 1. The minimum absolute atomic E-state index is 0. The number of hydrogen-bond acceptors (Lipinski definition) is 5. The Morgan fingerprint density at radius 1 is 1.33 bits per heavy atom. The summed E-state index contributed by atoms with van der Waals surface area (Å²) in [6, 6.07) is 4.78. The Hall–Kier alpha value is -1.60. The zero-order chi connectivity index (χ0) is 14.5. The van der Waals surface area contributed by atoms with Gasteiger partial charge in [-0.15, -0.1) is 0 Å². The number of hydrogen-bond donors (Lipinski definition) is 3. The van der Waals surface area contributed by atoms with Crippen LogP contribution in [0.1, 0.15) is 26.2 Å². The van der Waals surface area contributed by atoms with Crippen molar-refractivity contribution in [2.45, 2.75) is 32.2 Å². The molecule has 0 aliphatic carbocycles. The van der Waals surface area contributed by atoms with Crippen LogP contribution in [-0.4, -0.2) is 27.7 Å². The molecule has 0 saturated carbocycles. The zero-order valence-electron chi connectivity index (χ0n) is 11.9. The van der Waals surface area contributed by atoms with Crippen LogP contribution in [0.15, 0.2) is 18.2 Å². The van der Waals surface area contributed by atoms with E-state index >= 15 is 0 Å². The number of aliphatic hydroxyl groups is 1. The third kappa shape index (κ3) is 4.18. The molecule has 5 nitrogen and oxygen atoms in total. The second kappa shape index (κ2) is 7.99. The Labute approximate surface area is 130 Å². The molecule has 2 aromatic rings. The van der Waals surface area contributed by atoms with Crippen molar-refractivity contribution < 1.29 is 9.50 Å². The Bertz CT molecular complexity index is 590. The van der Waals surface area contributed by atoms with Crippen LogP contribution in [-0.2, 0) is 0 Å². The number of rotatable bonds is 6. The number of fused-ring (bicyclic) bond motifs is 1.